The van der Waals surface area contributed by atoms with Gasteiger partial charge in [-0.2, -0.15) is 5.26 Å². The van der Waals surface area contributed by atoms with Crippen molar-refractivity contribution in [3.05, 3.63) is 23.8 Å². The van der Waals surface area contributed by atoms with Gasteiger partial charge in [0.15, 0.2) is 0 Å². The molecule has 1 aromatic rings. The number of anilines is 1. The lowest BCUT2D eigenvalue weighted by Gasteiger charge is -2.09. The zero-order chi connectivity index (χ0) is 12.7. The first-order chi connectivity index (χ1) is 8.19. The molecule has 0 aromatic heterocycles. The van der Waals surface area contributed by atoms with Crippen LogP contribution in [-0.4, -0.2) is 24.7 Å². The van der Waals surface area contributed by atoms with Gasteiger partial charge in [-0.1, -0.05) is 0 Å². The predicted octanol–water partition coefficient (Wildman–Crippen LogP) is 1.08. The summed E-state index contributed by atoms with van der Waals surface area (Å²) in [4.78, 5) is 11.3. The number of rotatable bonds is 5. The fourth-order valence-corrected chi connectivity index (χ4v) is 1.40. The largest absolute Gasteiger partial charge is 0.497 e. The van der Waals surface area contributed by atoms with Gasteiger partial charge in [0, 0.05) is 18.4 Å². The third-order valence-corrected chi connectivity index (χ3v) is 2.13. The molecule has 2 N–H and O–H groups in total. The molecule has 0 aliphatic heterocycles. The van der Waals surface area contributed by atoms with Crippen molar-refractivity contribution < 1.29 is 14.6 Å². The molecule has 0 spiro atoms. The maximum atomic E-state index is 11.3. The van der Waals surface area contributed by atoms with Gasteiger partial charge in [-0.05, 0) is 24.1 Å². The van der Waals surface area contributed by atoms with E-state index in [4.69, 9.17) is 15.1 Å². The molecule has 0 bridgehead atoms. The molecule has 1 rings (SSSR count). The number of aliphatic hydroxyl groups is 1. The van der Waals surface area contributed by atoms with Crippen molar-refractivity contribution in [2.24, 2.45) is 0 Å². The zero-order valence-corrected chi connectivity index (χ0v) is 9.56. The van der Waals surface area contributed by atoms with E-state index in [1.807, 2.05) is 0 Å². The number of hydrogen-bond donors (Lipinski definition) is 2. The molecule has 0 saturated heterocycles. The Labute approximate surface area is 99.6 Å². The Balaban J connectivity index is 2.87. The number of aliphatic hydroxyl groups excluding tert-OH is 1. The summed E-state index contributed by atoms with van der Waals surface area (Å²) in [5.74, 6) is 0.235. The summed E-state index contributed by atoms with van der Waals surface area (Å²) < 4.78 is 5.09. The van der Waals surface area contributed by atoms with E-state index in [0.717, 1.165) is 5.56 Å². The van der Waals surface area contributed by atoms with Crippen molar-refractivity contribution in [2.75, 3.05) is 19.0 Å². The molecule has 90 valence electrons. The Kier molecular flexibility index (Phi) is 4.98. The van der Waals surface area contributed by atoms with E-state index in [-0.39, 0.29) is 18.9 Å². The number of benzene rings is 1. The zero-order valence-electron chi connectivity index (χ0n) is 9.56. The molecule has 0 fully saturated rings. The Morgan fingerprint density at radius 3 is 2.88 bits per heavy atom. The Bertz CT molecular complexity index is 438. The van der Waals surface area contributed by atoms with E-state index < -0.39 is 0 Å². The molecule has 0 radical (unpaired) electrons. The molecule has 0 aliphatic carbocycles. The van der Waals surface area contributed by atoms with Crippen LogP contribution in [0.3, 0.4) is 0 Å². The Morgan fingerprint density at radius 1 is 1.53 bits per heavy atom. The number of nitrogens with one attached hydrogen (secondary N) is 1. The number of methoxy groups -OCH3 is 1. The van der Waals surface area contributed by atoms with Crippen molar-refractivity contribution in [2.45, 2.75) is 12.8 Å². The third kappa shape index (κ3) is 4.13. The van der Waals surface area contributed by atoms with Gasteiger partial charge in [0.2, 0.25) is 5.91 Å². The van der Waals surface area contributed by atoms with Crippen LogP contribution < -0.4 is 10.1 Å². The molecule has 17 heavy (non-hydrogen) atoms. The van der Waals surface area contributed by atoms with Gasteiger partial charge in [0.25, 0.3) is 0 Å². The topological polar surface area (TPSA) is 82.3 Å². The highest BCUT2D eigenvalue weighted by atomic mass is 16.5. The first-order valence-corrected chi connectivity index (χ1v) is 5.15. The normalized spacial score (nSPS) is 9.47. The summed E-state index contributed by atoms with van der Waals surface area (Å²) in [5, 5.41) is 19.8. The minimum atomic E-state index is -0.365. The average molecular weight is 234 g/mol. The lowest BCUT2D eigenvalue weighted by Crippen LogP contribution is -2.10. The van der Waals surface area contributed by atoms with E-state index in [1.165, 1.54) is 7.11 Å². The minimum Gasteiger partial charge on any atom is -0.497 e. The number of nitrogens with zero attached hydrogens (tertiary/aromatic N) is 1. The number of carbonyl (C=O) groups is 1. The number of ether oxygens (including phenoxy) is 1. The summed E-state index contributed by atoms with van der Waals surface area (Å²) in [6.45, 7) is 0.0265. The van der Waals surface area contributed by atoms with Gasteiger partial charge in [-0.15, -0.1) is 0 Å². The number of amides is 1. The maximum absolute atomic E-state index is 11.3. The van der Waals surface area contributed by atoms with E-state index >= 15 is 0 Å². The van der Waals surface area contributed by atoms with Gasteiger partial charge in [-0.25, -0.2) is 0 Å². The molecule has 0 unspecified atom stereocenters. The van der Waals surface area contributed by atoms with Crippen molar-refractivity contribution in [3.63, 3.8) is 0 Å². The molecule has 0 heterocycles. The number of hydrogen-bond acceptors (Lipinski definition) is 4. The second kappa shape index (κ2) is 6.51. The van der Waals surface area contributed by atoms with Crippen LogP contribution in [-0.2, 0) is 11.2 Å². The van der Waals surface area contributed by atoms with Crippen LogP contribution >= 0.6 is 0 Å². The van der Waals surface area contributed by atoms with Gasteiger partial charge in [-0.3, -0.25) is 4.79 Å². The lowest BCUT2D eigenvalue weighted by atomic mass is 10.1. The van der Waals surface area contributed by atoms with E-state index in [0.29, 0.717) is 17.9 Å². The van der Waals surface area contributed by atoms with Crippen molar-refractivity contribution in [3.8, 4) is 11.8 Å². The van der Waals surface area contributed by atoms with Crippen LogP contribution in [0, 0.1) is 11.3 Å². The third-order valence-electron chi connectivity index (χ3n) is 2.13. The van der Waals surface area contributed by atoms with E-state index in [2.05, 4.69) is 5.32 Å². The summed E-state index contributed by atoms with van der Waals surface area (Å²) in [6, 6.07) is 6.97. The molecule has 5 nitrogen and oxygen atoms in total. The lowest BCUT2D eigenvalue weighted by molar-refractivity contribution is -0.115. The monoisotopic (exact) mass is 234 g/mol. The molecule has 1 aromatic carbocycles. The van der Waals surface area contributed by atoms with E-state index in [1.54, 1.807) is 24.3 Å². The summed E-state index contributed by atoms with van der Waals surface area (Å²) in [5.41, 5.74) is 1.42. The first-order valence-electron chi connectivity index (χ1n) is 5.15. The molecule has 0 aliphatic rings. The van der Waals surface area contributed by atoms with Crippen molar-refractivity contribution in [1.29, 1.82) is 5.26 Å². The smallest absolute Gasteiger partial charge is 0.238 e. The van der Waals surface area contributed by atoms with Gasteiger partial charge < -0.3 is 15.2 Å². The van der Waals surface area contributed by atoms with Crippen LogP contribution in [0.25, 0.3) is 0 Å². The van der Waals surface area contributed by atoms with Crippen molar-refractivity contribution >= 4 is 11.6 Å². The molecule has 1 amide bonds. The van der Waals surface area contributed by atoms with Crippen LogP contribution in [0.4, 0.5) is 5.69 Å². The van der Waals surface area contributed by atoms with Gasteiger partial charge in [0.1, 0.15) is 12.2 Å². The van der Waals surface area contributed by atoms with Crippen LogP contribution in [0.2, 0.25) is 0 Å². The summed E-state index contributed by atoms with van der Waals surface area (Å²) in [7, 11) is 1.53. The highest BCUT2D eigenvalue weighted by Crippen LogP contribution is 2.21. The molecular formula is C12H14N2O3. The second-order valence-electron chi connectivity index (χ2n) is 3.43. The highest BCUT2D eigenvalue weighted by Gasteiger charge is 2.05. The minimum absolute atomic E-state index is 0.0265. The SMILES string of the molecule is COc1cc(CCO)cc(NC(=O)CC#N)c1. The van der Waals surface area contributed by atoms with Crippen molar-refractivity contribution in [1.82, 2.24) is 0 Å². The van der Waals surface area contributed by atoms with E-state index in [9.17, 15) is 4.79 Å². The average Bonchev–Trinajstić information content (AvgIpc) is 2.29. The standard InChI is InChI=1S/C12H14N2O3/c1-17-11-7-9(3-5-15)6-10(8-11)14-12(16)2-4-13/h6-8,15H,2-3,5H2,1H3,(H,14,16). The molecule has 0 saturated carbocycles. The van der Waals surface area contributed by atoms with Gasteiger partial charge in [0.05, 0.1) is 13.2 Å². The molecular weight excluding hydrogens is 220 g/mol. The Hall–Kier alpha value is -2.06. The number of carbonyl (C=O) groups excluding carboxylic acids is 1. The summed E-state index contributed by atoms with van der Waals surface area (Å²) >= 11 is 0. The highest BCUT2D eigenvalue weighted by molar-refractivity contribution is 5.92. The quantitative estimate of drug-likeness (QED) is 0.798. The molecule has 5 heteroatoms. The fraction of sp³-hybridized carbons (Fsp3) is 0.333. The second-order valence-corrected chi connectivity index (χ2v) is 3.43. The first kappa shape index (κ1) is 13.0. The fourth-order valence-electron chi connectivity index (χ4n) is 1.40. The van der Waals surface area contributed by atoms with Crippen LogP contribution in [0.15, 0.2) is 18.2 Å². The van der Waals surface area contributed by atoms with Crippen LogP contribution in [0.5, 0.6) is 5.75 Å². The van der Waals surface area contributed by atoms with Crippen LogP contribution in [0.1, 0.15) is 12.0 Å². The number of nitriles is 1. The summed E-state index contributed by atoms with van der Waals surface area (Å²) in [6.07, 6.45) is 0.296. The molecule has 0 atom stereocenters. The predicted molar refractivity (Wildman–Crippen MR) is 62.6 cm³/mol. The Morgan fingerprint density at radius 2 is 2.29 bits per heavy atom. The van der Waals surface area contributed by atoms with Gasteiger partial charge >= 0.3 is 0 Å². The maximum Gasteiger partial charge on any atom is 0.238 e.